The van der Waals surface area contributed by atoms with E-state index in [1.165, 1.54) is 0 Å². The van der Waals surface area contributed by atoms with Crippen molar-refractivity contribution in [2.45, 2.75) is 6.42 Å². The highest BCUT2D eigenvalue weighted by atomic mass is 32.1. The number of Topliss-reactive ketones (excluding diaryl/α,β-unsaturated/α-hetero) is 1. The molecular weight excluding hydrogens is 232 g/mol. The maximum Gasteiger partial charge on any atom is 0.171 e. The van der Waals surface area contributed by atoms with Crippen molar-refractivity contribution in [1.82, 2.24) is 0 Å². The standard InChI is InChI=1S/C14H10O2S/c15-13(8-10-4-3-7-16-10)12-9-17-14-6-2-1-5-11(12)14/h1-7,9H,8H2. The minimum absolute atomic E-state index is 0.109. The fraction of sp³-hybridized carbons (Fsp3) is 0.0714. The number of thiophene rings is 1. The maximum atomic E-state index is 12.1. The summed E-state index contributed by atoms with van der Waals surface area (Å²) in [5.41, 5.74) is 0.794. The van der Waals surface area contributed by atoms with E-state index in [2.05, 4.69) is 0 Å². The fourth-order valence-electron chi connectivity index (χ4n) is 1.86. The van der Waals surface area contributed by atoms with E-state index in [4.69, 9.17) is 4.42 Å². The van der Waals surface area contributed by atoms with Crippen LogP contribution in [0.3, 0.4) is 0 Å². The van der Waals surface area contributed by atoms with Crippen molar-refractivity contribution in [3.8, 4) is 0 Å². The molecule has 0 saturated heterocycles. The molecule has 1 aromatic carbocycles. The molecule has 3 rings (SSSR count). The van der Waals surface area contributed by atoms with Gasteiger partial charge in [-0.25, -0.2) is 0 Å². The zero-order chi connectivity index (χ0) is 11.7. The lowest BCUT2D eigenvalue weighted by molar-refractivity contribution is 0.0989. The van der Waals surface area contributed by atoms with E-state index in [1.54, 1.807) is 23.7 Å². The van der Waals surface area contributed by atoms with Crippen LogP contribution in [0.5, 0.6) is 0 Å². The van der Waals surface area contributed by atoms with Crippen molar-refractivity contribution in [2.75, 3.05) is 0 Å². The second kappa shape index (κ2) is 4.18. The number of ketones is 1. The van der Waals surface area contributed by atoms with E-state index < -0.39 is 0 Å². The average Bonchev–Trinajstić information content (AvgIpc) is 2.96. The summed E-state index contributed by atoms with van der Waals surface area (Å²) >= 11 is 1.60. The van der Waals surface area contributed by atoms with E-state index in [9.17, 15) is 4.79 Å². The van der Waals surface area contributed by atoms with Gasteiger partial charge in [-0.2, -0.15) is 0 Å². The summed E-state index contributed by atoms with van der Waals surface area (Å²) in [6.45, 7) is 0. The Balaban J connectivity index is 1.96. The Hall–Kier alpha value is -1.87. The first kappa shape index (κ1) is 10.3. The molecule has 84 valence electrons. The number of hydrogen-bond donors (Lipinski definition) is 0. The van der Waals surface area contributed by atoms with Crippen molar-refractivity contribution in [3.05, 3.63) is 59.4 Å². The van der Waals surface area contributed by atoms with Crippen molar-refractivity contribution in [3.63, 3.8) is 0 Å². The largest absolute Gasteiger partial charge is 0.469 e. The van der Waals surface area contributed by atoms with Gasteiger partial charge in [-0.3, -0.25) is 4.79 Å². The maximum absolute atomic E-state index is 12.1. The molecule has 0 bridgehead atoms. The van der Waals surface area contributed by atoms with Gasteiger partial charge in [0.25, 0.3) is 0 Å². The lowest BCUT2D eigenvalue weighted by atomic mass is 10.1. The summed E-state index contributed by atoms with van der Waals surface area (Å²) in [4.78, 5) is 12.1. The summed E-state index contributed by atoms with van der Waals surface area (Å²) in [6.07, 6.45) is 1.92. The zero-order valence-electron chi connectivity index (χ0n) is 9.05. The lowest BCUT2D eigenvalue weighted by Crippen LogP contribution is -2.01. The lowest BCUT2D eigenvalue weighted by Gasteiger charge is -1.97. The van der Waals surface area contributed by atoms with Crippen LogP contribution in [0.4, 0.5) is 0 Å². The van der Waals surface area contributed by atoms with Gasteiger partial charge in [0.15, 0.2) is 5.78 Å². The summed E-state index contributed by atoms with van der Waals surface area (Å²) in [5.74, 6) is 0.822. The fourth-order valence-corrected chi connectivity index (χ4v) is 2.83. The van der Waals surface area contributed by atoms with Crippen LogP contribution in [0, 0.1) is 0 Å². The first-order valence-electron chi connectivity index (χ1n) is 5.36. The van der Waals surface area contributed by atoms with Crippen molar-refractivity contribution < 1.29 is 9.21 Å². The Morgan fingerprint density at radius 3 is 2.88 bits per heavy atom. The third-order valence-electron chi connectivity index (χ3n) is 2.70. The number of hydrogen-bond acceptors (Lipinski definition) is 3. The Morgan fingerprint density at radius 1 is 1.18 bits per heavy atom. The molecule has 3 aromatic rings. The number of carbonyl (C=O) groups is 1. The van der Waals surface area contributed by atoms with Crippen molar-refractivity contribution >= 4 is 27.2 Å². The molecule has 3 heteroatoms. The molecule has 2 aromatic heterocycles. The van der Waals surface area contributed by atoms with E-state index in [1.807, 2.05) is 35.7 Å². The predicted molar refractivity (Wildman–Crippen MR) is 68.6 cm³/mol. The number of benzene rings is 1. The smallest absolute Gasteiger partial charge is 0.171 e. The zero-order valence-corrected chi connectivity index (χ0v) is 9.87. The van der Waals surface area contributed by atoms with Gasteiger partial charge in [-0.05, 0) is 18.2 Å². The molecule has 0 atom stereocenters. The Labute approximate surface area is 102 Å². The highest BCUT2D eigenvalue weighted by molar-refractivity contribution is 7.17. The first-order valence-corrected chi connectivity index (χ1v) is 6.24. The molecule has 0 radical (unpaired) electrons. The molecule has 0 amide bonds. The van der Waals surface area contributed by atoms with Gasteiger partial charge in [-0.1, -0.05) is 18.2 Å². The monoisotopic (exact) mass is 242 g/mol. The summed E-state index contributed by atoms with van der Waals surface area (Å²) in [7, 11) is 0. The Kier molecular flexibility index (Phi) is 2.53. The van der Waals surface area contributed by atoms with Crippen LogP contribution in [0.2, 0.25) is 0 Å². The molecule has 17 heavy (non-hydrogen) atoms. The Morgan fingerprint density at radius 2 is 2.06 bits per heavy atom. The summed E-state index contributed by atoms with van der Waals surface area (Å²) in [6, 6.07) is 11.6. The van der Waals surface area contributed by atoms with Gasteiger partial charge in [-0.15, -0.1) is 11.3 Å². The Bertz CT molecular complexity index is 650. The van der Waals surface area contributed by atoms with E-state index in [0.29, 0.717) is 12.2 Å². The van der Waals surface area contributed by atoms with Crippen LogP contribution in [0.15, 0.2) is 52.5 Å². The van der Waals surface area contributed by atoms with E-state index in [0.717, 1.165) is 15.6 Å². The van der Waals surface area contributed by atoms with Crippen LogP contribution in [0.1, 0.15) is 16.1 Å². The summed E-state index contributed by atoms with van der Waals surface area (Å²) < 4.78 is 6.35. The number of furan rings is 1. The molecule has 0 fully saturated rings. The van der Waals surface area contributed by atoms with Crippen LogP contribution < -0.4 is 0 Å². The SMILES string of the molecule is O=C(Cc1ccco1)c1csc2ccccc12. The van der Waals surface area contributed by atoms with Gasteiger partial charge in [0.2, 0.25) is 0 Å². The van der Waals surface area contributed by atoms with Crippen molar-refractivity contribution in [1.29, 1.82) is 0 Å². The molecule has 0 aliphatic carbocycles. The van der Waals surface area contributed by atoms with Crippen LogP contribution >= 0.6 is 11.3 Å². The molecule has 0 unspecified atom stereocenters. The van der Waals surface area contributed by atoms with E-state index in [-0.39, 0.29) is 5.78 Å². The van der Waals surface area contributed by atoms with Crippen LogP contribution in [0.25, 0.3) is 10.1 Å². The molecule has 0 aliphatic rings. The molecular formula is C14H10O2S. The van der Waals surface area contributed by atoms with Crippen LogP contribution in [-0.4, -0.2) is 5.78 Å². The topological polar surface area (TPSA) is 30.2 Å². The predicted octanol–water partition coefficient (Wildman–Crippen LogP) is 3.92. The van der Waals surface area contributed by atoms with Crippen molar-refractivity contribution in [2.24, 2.45) is 0 Å². The molecule has 2 heterocycles. The molecule has 0 spiro atoms. The van der Waals surface area contributed by atoms with Gasteiger partial charge in [0, 0.05) is 21.0 Å². The average molecular weight is 242 g/mol. The quantitative estimate of drug-likeness (QED) is 0.652. The second-order valence-corrected chi connectivity index (χ2v) is 4.74. The third-order valence-corrected chi connectivity index (χ3v) is 3.66. The molecule has 2 nitrogen and oxygen atoms in total. The minimum Gasteiger partial charge on any atom is -0.469 e. The number of fused-ring (bicyclic) bond motifs is 1. The van der Waals surface area contributed by atoms with Gasteiger partial charge >= 0.3 is 0 Å². The molecule has 0 N–H and O–H groups in total. The van der Waals surface area contributed by atoms with Gasteiger partial charge < -0.3 is 4.42 Å². The minimum atomic E-state index is 0.109. The first-order chi connectivity index (χ1) is 8.34. The highest BCUT2D eigenvalue weighted by Gasteiger charge is 2.13. The normalized spacial score (nSPS) is 10.8. The van der Waals surface area contributed by atoms with E-state index >= 15 is 0 Å². The molecule has 0 saturated carbocycles. The second-order valence-electron chi connectivity index (χ2n) is 3.82. The number of carbonyl (C=O) groups excluding carboxylic acids is 1. The highest BCUT2D eigenvalue weighted by Crippen LogP contribution is 2.26. The molecule has 0 aliphatic heterocycles. The van der Waals surface area contributed by atoms with Gasteiger partial charge in [0.05, 0.1) is 12.7 Å². The van der Waals surface area contributed by atoms with Gasteiger partial charge in [0.1, 0.15) is 5.76 Å². The number of rotatable bonds is 3. The summed E-state index contributed by atoms with van der Waals surface area (Å²) in [5, 5.41) is 2.96. The third kappa shape index (κ3) is 1.89. The van der Waals surface area contributed by atoms with Crippen LogP contribution in [-0.2, 0) is 6.42 Å².